The maximum absolute atomic E-state index is 12.9. The molecule has 0 radical (unpaired) electrons. The number of pyridine rings is 1. The molecule has 1 fully saturated rings. The SMILES string of the molecule is COc1ccc(NC2CCC2F)cn1. The van der Waals surface area contributed by atoms with Gasteiger partial charge < -0.3 is 10.1 Å². The molecule has 1 saturated carbocycles. The first kappa shape index (κ1) is 9.24. The maximum atomic E-state index is 12.9. The van der Waals surface area contributed by atoms with E-state index in [1.807, 2.05) is 6.07 Å². The van der Waals surface area contributed by atoms with E-state index >= 15 is 0 Å². The van der Waals surface area contributed by atoms with Crippen molar-refractivity contribution in [2.75, 3.05) is 12.4 Å². The Hall–Kier alpha value is -1.32. The second-order valence-corrected chi connectivity index (χ2v) is 3.43. The number of rotatable bonds is 3. The quantitative estimate of drug-likeness (QED) is 0.802. The fraction of sp³-hybridized carbons (Fsp3) is 0.500. The van der Waals surface area contributed by atoms with Gasteiger partial charge in [0.05, 0.1) is 25.0 Å². The van der Waals surface area contributed by atoms with Crippen LogP contribution in [0.4, 0.5) is 10.1 Å². The van der Waals surface area contributed by atoms with E-state index in [9.17, 15) is 4.39 Å². The fourth-order valence-corrected chi connectivity index (χ4v) is 1.42. The second-order valence-electron chi connectivity index (χ2n) is 3.43. The van der Waals surface area contributed by atoms with Gasteiger partial charge in [0.2, 0.25) is 5.88 Å². The Morgan fingerprint density at radius 3 is 2.79 bits per heavy atom. The largest absolute Gasteiger partial charge is 0.481 e. The molecule has 2 rings (SSSR count). The molecule has 2 atom stereocenters. The maximum Gasteiger partial charge on any atom is 0.213 e. The van der Waals surface area contributed by atoms with Crippen LogP contribution in [-0.4, -0.2) is 24.3 Å². The number of anilines is 1. The molecule has 1 aliphatic rings. The minimum absolute atomic E-state index is 0.0369. The van der Waals surface area contributed by atoms with Crippen LogP contribution in [0.5, 0.6) is 5.88 Å². The van der Waals surface area contributed by atoms with Crippen molar-refractivity contribution in [1.82, 2.24) is 4.98 Å². The van der Waals surface area contributed by atoms with Crippen LogP contribution < -0.4 is 10.1 Å². The number of halogens is 1. The van der Waals surface area contributed by atoms with Gasteiger partial charge in [-0.1, -0.05) is 0 Å². The van der Waals surface area contributed by atoms with Crippen LogP contribution in [0.15, 0.2) is 18.3 Å². The van der Waals surface area contributed by atoms with Gasteiger partial charge in [-0.2, -0.15) is 0 Å². The summed E-state index contributed by atoms with van der Waals surface area (Å²) < 4.78 is 17.8. The van der Waals surface area contributed by atoms with Crippen LogP contribution in [0, 0.1) is 0 Å². The lowest BCUT2D eigenvalue weighted by Gasteiger charge is -2.31. The van der Waals surface area contributed by atoms with E-state index in [1.54, 1.807) is 19.4 Å². The van der Waals surface area contributed by atoms with Gasteiger partial charge in [-0.3, -0.25) is 0 Å². The van der Waals surface area contributed by atoms with E-state index < -0.39 is 6.17 Å². The summed E-state index contributed by atoms with van der Waals surface area (Å²) >= 11 is 0. The molecule has 0 aliphatic heterocycles. The summed E-state index contributed by atoms with van der Waals surface area (Å²) in [7, 11) is 1.57. The second kappa shape index (κ2) is 3.82. The summed E-state index contributed by atoms with van der Waals surface area (Å²) in [4.78, 5) is 4.03. The molecule has 1 N–H and O–H groups in total. The Bertz CT molecular complexity index is 301. The average Bonchev–Trinajstić information content (AvgIpc) is 2.24. The number of ether oxygens (including phenoxy) is 1. The molecule has 76 valence electrons. The Morgan fingerprint density at radius 2 is 2.36 bits per heavy atom. The van der Waals surface area contributed by atoms with Crippen LogP contribution in [0.25, 0.3) is 0 Å². The Morgan fingerprint density at radius 1 is 1.50 bits per heavy atom. The number of hydrogen-bond acceptors (Lipinski definition) is 3. The standard InChI is InChI=1S/C10H13FN2O/c1-14-10-5-2-7(6-12-10)13-9-4-3-8(9)11/h2,5-6,8-9,13H,3-4H2,1H3. The van der Waals surface area contributed by atoms with Crippen LogP contribution >= 0.6 is 0 Å². The molecule has 1 aromatic heterocycles. The predicted octanol–water partition coefficient (Wildman–Crippen LogP) is 2.00. The molecule has 0 spiro atoms. The first-order valence-corrected chi connectivity index (χ1v) is 4.70. The van der Waals surface area contributed by atoms with E-state index in [1.165, 1.54) is 0 Å². The number of alkyl halides is 1. The molecule has 4 heteroatoms. The third-order valence-corrected chi connectivity index (χ3v) is 2.49. The van der Waals surface area contributed by atoms with E-state index in [2.05, 4.69) is 10.3 Å². The number of hydrogen-bond donors (Lipinski definition) is 1. The van der Waals surface area contributed by atoms with Crippen molar-refractivity contribution in [2.24, 2.45) is 0 Å². The van der Waals surface area contributed by atoms with Crippen LogP contribution in [0.3, 0.4) is 0 Å². The van der Waals surface area contributed by atoms with E-state index in [4.69, 9.17) is 4.74 Å². The molecule has 0 saturated heterocycles. The smallest absolute Gasteiger partial charge is 0.213 e. The summed E-state index contributed by atoms with van der Waals surface area (Å²) in [6.07, 6.45) is 2.51. The summed E-state index contributed by atoms with van der Waals surface area (Å²) in [5.74, 6) is 0.570. The highest BCUT2D eigenvalue weighted by atomic mass is 19.1. The van der Waals surface area contributed by atoms with Gasteiger partial charge in [-0.15, -0.1) is 0 Å². The van der Waals surface area contributed by atoms with Crippen molar-refractivity contribution in [3.63, 3.8) is 0 Å². The topological polar surface area (TPSA) is 34.1 Å². The molecular weight excluding hydrogens is 183 g/mol. The lowest BCUT2D eigenvalue weighted by molar-refractivity contribution is 0.186. The number of aromatic nitrogens is 1. The van der Waals surface area contributed by atoms with Gasteiger partial charge in [-0.25, -0.2) is 9.37 Å². The molecule has 14 heavy (non-hydrogen) atoms. The Labute approximate surface area is 82.3 Å². The molecule has 1 aliphatic carbocycles. The third-order valence-electron chi connectivity index (χ3n) is 2.49. The van der Waals surface area contributed by atoms with Gasteiger partial charge in [-0.05, 0) is 18.9 Å². The molecule has 3 nitrogen and oxygen atoms in total. The van der Waals surface area contributed by atoms with Crippen molar-refractivity contribution < 1.29 is 9.13 Å². The van der Waals surface area contributed by atoms with Gasteiger partial charge in [0, 0.05) is 6.07 Å². The van der Waals surface area contributed by atoms with E-state index in [0.29, 0.717) is 12.3 Å². The van der Waals surface area contributed by atoms with Crippen LogP contribution in [0.2, 0.25) is 0 Å². The summed E-state index contributed by atoms with van der Waals surface area (Å²) in [6, 6.07) is 3.57. The Kier molecular flexibility index (Phi) is 2.52. The lowest BCUT2D eigenvalue weighted by atomic mass is 9.90. The zero-order valence-electron chi connectivity index (χ0n) is 8.03. The number of nitrogens with one attached hydrogen (secondary N) is 1. The summed E-state index contributed by atoms with van der Waals surface area (Å²) in [6.45, 7) is 0. The van der Waals surface area contributed by atoms with Crippen molar-refractivity contribution >= 4 is 5.69 Å². The molecule has 2 unspecified atom stereocenters. The number of nitrogens with zero attached hydrogens (tertiary/aromatic N) is 1. The van der Waals surface area contributed by atoms with Crippen molar-refractivity contribution in [1.29, 1.82) is 0 Å². The minimum atomic E-state index is -0.711. The normalized spacial score (nSPS) is 25.3. The summed E-state index contributed by atoms with van der Waals surface area (Å²) in [5, 5.41) is 3.09. The average molecular weight is 196 g/mol. The monoisotopic (exact) mass is 196 g/mol. The van der Waals surface area contributed by atoms with Gasteiger partial charge in [0.1, 0.15) is 6.17 Å². The molecule has 0 aromatic carbocycles. The molecule has 0 amide bonds. The third kappa shape index (κ3) is 1.78. The fourth-order valence-electron chi connectivity index (χ4n) is 1.42. The first-order chi connectivity index (χ1) is 6.79. The van der Waals surface area contributed by atoms with Crippen molar-refractivity contribution in [2.45, 2.75) is 25.1 Å². The molecule has 0 bridgehead atoms. The minimum Gasteiger partial charge on any atom is -0.481 e. The molecule has 1 aromatic rings. The zero-order valence-corrected chi connectivity index (χ0v) is 8.03. The zero-order chi connectivity index (χ0) is 9.97. The van der Waals surface area contributed by atoms with E-state index in [0.717, 1.165) is 12.1 Å². The van der Waals surface area contributed by atoms with E-state index in [-0.39, 0.29) is 6.04 Å². The Balaban J connectivity index is 1.96. The van der Waals surface area contributed by atoms with Gasteiger partial charge >= 0.3 is 0 Å². The molecule has 1 heterocycles. The number of methoxy groups -OCH3 is 1. The molecular formula is C10H13FN2O. The van der Waals surface area contributed by atoms with Gasteiger partial charge in [0.25, 0.3) is 0 Å². The van der Waals surface area contributed by atoms with Crippen LogP contribution in [-0.2, 0) is 0 Å². The van der Waals surface area contributed by atoms with Gasteiger partial charge in [0.15, 0.2) is 0 Å². The van der Waals surface area contributed by atoms with Crippen LogP contribution in [0.1, 0.15) is 12.8 Å². The van der Waals surface area contributed by atoms with Crippen molar-refractivity contribution in [3.8, 4) is 5.88 Å². The predicted molar refractivity (Wildman–Crippen MR) is 52.3 cm³/mol. The lowest BCUT2D eigenvalue weighted by Crippen LogP contribution is -2.39. The highest BCUT2D eigenvalue weighted by Crippen LogP contribution is 2.26. The summed E-state index contributed by atoms with van der Waals surface area (Å²) in [5.41, 5.74) is 0.846. The highest BCUT2D eigenvalue weighted by molar-refractivity contribution is 5.43. The highest BCUT2D eigenvalue weighted by Gasteiger charge is 2.30. The first-order valence-electron chi connectivity index (χ1n) is 4.70. The van der Waals surface area contributed by atoms with Crippen molar-refractivity contribution in [3.05, 3.63) is 18.3 Å².